The van der Waals surface area contributed by atoms with Crippen molar-refractivity contribution < 1.29 is 4.79 Å². The van der Waals surface area contributed by atoms with Gasteiger partial charge < -0.3 is 11.1 Å². The van der Waals surface area contributed by atoms with Gasteiger partial charge in [0.2, 0.25) is 5.91 Å². The molecule has 0 saturated heterocycles. The van der Waals surface area contributed by atoms with Crippen LogP contribution in [0.4, 0.5) is 11.4 Å². The first-order chi connectivity index (χ1) is 9.99. The van der Waals surface area contributed by atoms with Crippen molar-refractivity contribution in [2.45, 2.75) is 19.9 Å². The fourth-order valence-corrected chi connectivity index (χ4v) is 3.00. The molecule has 4 nitrogen and oxygen atoms in total. The van der Waals surface area contributed by atoms with Gasteiger partial charge in [-0.05, 0) is 44.0 Å². The highest BCUT2D eigenvalue weighted by molar-refractivity contribution is 7.10. The number of carbonyl (C=O) groups is 1. The van der Waals surface area contributed by atoms with Crippen molar-refractivity contribution in [3.8, 4) is 0 Å². The van der Waals surface area contributed by atoms with Crippen LogP contribution in [0.15, 0.2) is 35.7 Å². The molecule has 3 N–H and O–H groups in total. The summed E-state index contributed by atoms with van der Waals surface area (Å²) in [5.74, 6) is -0.0538. The van der Waals surface area contributed by atoms with Gasteiger partial charge in [-0.2, -0.15) is 0 Å². The number of hydrogen-bond acceptors (Lipinski definition) is 4. The number of nitrogens with zero attached hydrogens (tertiary/aromatic N) is 1. The monoisotopic (exact) mass is 303 g/mol. The van der Waals surface area contributed by atoms with Gasteiger partial charge in [0.25, 0.3) is 0 Å². The van der Waals surface area contributed by atoms with Crippen molar-refractivity contribution in [2.75, 3.05) is 24.6 Å². The molecule has 2 rings (SSSR count). The molecule has 0 bridgehead atoms. The van der Waals surface area contributed by atoms with Gasteiger partial charge in [-0.3, -0.25) is 9.69 Å². The summed E-state index contributed by atoms with van der Waals surface area (Å²) in [6.45, 7) is 4.36. The smallest absolute Gasteiger partial charge is 0.238 e. The Hall–Kier alpha value is -1.85. The van der Waals surface area contributed by atoms with Crippen LogP contribution in [0.1, 0.15) is 23.4 Å². The Balaban J connectivity index is 1.98. The number of hydrogen-bond donors (Lipinski definition) is 2. The highest BCUT2D eigenvalue weighted by atomic mass is 32.1. The lowest BCUT2D eigenvalue weighted by atomic mass is 10.1. The van der Waals surface area contributed by atoms with Crippen molar-refractivity contribution >= 4 is 28.6 Å². The predicted molar refractivity (Wildman–Crippen MR) is 89.6 cm³/mol. The third-order valence-electron chi connectivity index (χ3n) is 3.58. The zero-order chi connectivity index (χ0) is 15.4. The van der Waals surface area contributed by atoms with Gasteiger partial charge in [0, 0.05) is 10.9 Å². The molecular weight excluding hydrogens is 282 g/mol. The van der Waals surface area contributed by atoms with Crippen LogP contribution in [0.3, 0.4) is 0 Å². The molecule has 112 valence electrons. The van der Waals surface area contributed by atoms with Crippen LogP contribution >= 0.6 is 11.3 Å². The summed E-state index contributed by atoms with van der Waals surface area (Å²) in [6, 6.07) is 9.93. The third-order valence-corrected chi connectivity index (χ3v) is 4.62. The van der Waals surface area contributed by atoms with E-state index in [1.54, 1.807) is 17.4 Å². The van der Waals surface area contributed by atoms with E-state index >= 15 is 0 Å². The van der Waals surface area contributed by atoms with Crippen LogP contribution in [-0.2, 0) is 4.79 Å². The molecule has 0 aliphatic rings. The number of para-hydroxylation sites is 1. The van der Waals surface area contributed by atoms with Gasteiger partial charge in [0.15, 0.2) is 0 Å². The predicted octanol–water partition coefficient (Wildman–Crippen LogP) is 3.27. The SMILES string of the molecule is Cc1cccc(N)c1NC(=O)CN(C)C(C)c1cccs1. The van der Waals surface area contributed by atoms with Gasteiger partial charge in [-0.15, -0.1) is 11.3 Å². The summed E-state index contributed by atoms with van der Waals surface area (Å²) < 4.78 is 0. The first-order valence-electron chi connectivity index (χ1n) is 6.87. The zero-order valence-electron chi connectivity index (χ0n) is 12.6. The number of nitrogens with one attached hydrogen (secondary N) is 1. The van der Waals surface area contributed by atoms with Crippen LogP contribution in [0.5, 0.6) is 0 Å². The highest BCUT2D eigenvalue weighted by Gasteiger charge is 2.16. The molecule has 2 aromatic rings. The maximum atomic E-state index is 12.2. The van der Waals surface area contributed by atoms with Crippen LogP contribution in [0, 0.1) is 6.92 Å². The average molecular weight is 303 g/mol. The minimum absolute atomic E-state index is 0.0538. The van der Waals surface area contributed by atoms with E-state index in [0.29, 0.717) is 17.9 Å². The fourth-order valence-electron chi connectivity index (χ4n) is 2.15. The molecular formula is C16H21N3OS. The average Bonchev–Trinajstić information content (AvgIpc) is 2.96. The molecule has 5 heteroatoms. The topological polar surface area (TPSA) is 58.4 Å². The summed E-state index contributed by atoms with van der Waals surface area (Å²) in [6.07, 6.45) is 0. The Bertz CT molecular complexity index is 590. The number of anilines is 2. The molecule has 1 aromatic heterocycles. The lowest BCUT2D eigenvalue weighted by Gasteiger charge is -2.23. The number of rotatable bonds is 5. The van der Waals surface area contributed by atoms with Crippen molar-refractivity contribution in [2.24, 2.45) is 0 Å². The number of nitrogens with two attached hydrogens (primary N) is 1. The maximum Gasteiger partial charge on any atom is 0.238 e. The van der Waals surface area contributed by atoms with Crippen molar-refractivity contribution in [1.29, 1.82) is 0 Å². The summed E-state index contributed by atoms with van der Waals surface area (Å²) in [7, 11) is 1.95. The molecule has 1 amide bonds. The molecule has 1 atom stereocenters. The summed E-state index contributed by atoms with van der Waals surface area (Å²) in [5.41, 5.74) is 8.18. The number of benzene rings is 1. The van der Waals surface area contributed by atoms with Gasteiger partial charge in [-0.1, -0.05) is 18.2 Å². The number of likely N-dealkylation sites (N-methyl/N-ethyl adjacent to an activating group) is 1. The number of nitrogen functional groups attached to an aromatic ring is 1. The largest absolute Gasteiger partial charge is 0.397 e. The second-order valence-corrected chi connectivity index (χ2v) is 6.17. The van der Waals surface area contributed by atoms with E-state index < -0.39 is 0 Å². The number of carbonyl (C=O) groups excluding carboxylic acids is 1. The van der Waals surface area contributed by atoms with Crippen molar-refractivity contribution in [3.63, 3.8) is 0 Å². The molecule has 21 heavy (non-hydrogen) atoms. The van der Waals surface area contributed by atoms with Crippen LogP contribution < -0.4 is 11.1 Å². The van der Waals surface area contributed by atoms with Gasteiger partial charge in [0.05, 0.1) is 17.9 Å². The number of thiophene rings is 1. The molecule has 0 fully saturated rings. The molecule has 0 spiro atoms. The molecule has 1 aromatic carbocycles. The van der Waals surface area contributed by atoms with Crippen molar-refractivity contribution in [3.05, 3.63) is 46.2 Å². The quantitative estimate of drug-likeness (QED) is 0.833. The first-order valence-corrected chi connectivity index (χ1v) is 7.75. The minimum atomic E-state index is -0.0538. The summed E-state index contributed by atoms with van der Waals surface area (Å²) in [4.78, 5) is 15.5. The Morgan fingerprint density at radius 2 is 2.14 bits per heavy atom. The third kappa shape index (κ3) is 3.83. The highest BCUT2D eigenvalue weighted by Crippen LogP contribution is 2.24. The molecule has 0 radical (unpaired) electrons. The first kappa shape index (κ1) is 15.5. The fraction of sp³-hybridized carbons (Fsp3) is 0.312. The normalized spacial score (nSPS) is 12.4. The lowest BCUT2D eigenvalue weighted by molar-refractivity contribution is -0.117. The van der Waals surface area contributed by atoms with E-state index in [-0.39, 0.29) is 11.9 Å². The van der Waals surface area contributed by atoms with Crippen LogP contribution in [0.2, 0.25) is 0 Å². The second-order valence-electron chi connectivity index (χ2n) is 5.19. The molecule has 0 aliphatic heterocycles. The van der Waals surface area contributed by atoms with Crippen LogP contribution in [-0.4, -0.2) is 24.4 Å². The standard InChI is InChI=1S/C16H21N3OS/c1-11-6-4-7-13(17)16(11)18-15(20)10-19(3)12(2)14-8-5-9-21-14/h4-9,12H,10,17H2,1-3H3,(H,18,20). The number of amides is 1. The van der Waals surface area contributed by atoms with Crippen LogP contribution in [0.25, 0.3) is 0 Å². The van der Waals surface area contributed by atoms with Gasteiger partial charge in [0.1, 0.15) is 0 Å². The van der Waals surface area contributed by atoms with E-state index in [2.05, 4.69) is 18.3 Å². The van der Waals surface area contributed by atoms with E-state index in [0.717, 1.165) is 5.56 Å². The Kier molecular flexibility index (Phi) is 4.98. The molecule has 1 heterocycles. The second kappa shape index (κ2) is 6.74. The maximum absolute atomic E-state index is 12.2. The number of aryl methyl sites for hydroxylation is 1. The zero-order valence-corrected chi connectivity index (χ0v) is 13.4. The molecule has 1 unspecified atom stereocenters. The van der Waals surface area contributed by atoms with E-state index in [1.165, 1.54) is 4.88 Å². The van der Waals surface area contributed by atoms with E-state index in [9.17, 15) is 4.79 Å². The molecule has 0 aliphatic carbocycles. The lowest BCUT2D eigenvalue weighted by Crippen LogP contribution is -2.32. The Morgan fingerprint density at radius 3 is 2.76 bits per heavy atom. The Morgan fingerprint density at radius 1 is 1.38 bits per heavy atom. The minimum Gasteiger partial charge on any atom is -0.397 e. The Labute approximate surface area is 129 Å². The summed E-state index contributed by atoms with van der Waals surface area (Å²) >= 11 is 1.70. The van der Waals surface area contributed by atoms with Gasteiger partial charge in [-0.25, -0.2) is 0 Å². The van der Waals surface area contributed by atoms with Gasteiger partial charge >= 0.3 is 0 Å². The van der Waals surface area contributed by atoms with E-state index in [1.807, 2.05) is 42.5 Å². The molecule has 0 saturated carbocycles. The van der Waals surface area contributed by atoms with E-state index in [4.69, 9.17) is 5.73 Å². The van der Waals surface area contributed by atoms with Crippen molar-refractivity contribution in [1.82, 2.24) is 4.90 Å². The summed E-state index contributed by atoms with van der Waals surface area (Å²) in [5, 5.41) is 4.96.